The third kappa shape index (κ3) is 3.84. The molecule has 0 bridgehead atoms. The molecule has 1 atom stereocenters. The van der Waals surface area contributed by atoms with Crippen molar-refractivity contribution >= 4 is 39.9 Å². The van der Waals surface area contributed by atoms with Crippen LogP contribution in [0.25, 0.3) is 0 Å². The number of carbonyl (C=O) groups excluding carboxylic acids is 2. The number of anilines is 1. The average Bonchev–Trinajstić information content (AvgIpc) is 2.95. The number of pyridine rings is 1. The first-order valence-corrected chi connectivity index (χ1v) is 7.98. The highest BCUT2D eigenvalue weighted by atomic mass is 32.2. The fraction of sp³-hybridized carbons (Fsp3) is 0.143. The van der Waals surface area contributed by atoms with E-state index in [1.807, 2.05) is 6.07 Å². The van der Waals surface area contributed by atoms with Crippen LogP contribution in [0.3, 0.4) is 0 Å². The first-order chi connectivity index (χ1) is 10.5. The molecule has 2 amide bonds. The van der Waals surface area contributed by atoms with Gasteiger partial charge in [-0.1, -0.05) is 11.8 Å². The summed E-state index contributed by atoms with van der Waals surface area (Å²) in [4.78, 5) is 27.5. The highest BCUT2D eigenvalue weighted by Crippen LogP contribution is 2.26. The van der Waals surface area contributed by atoms with Crippen molar-refractivity contribution in [3.63, 3.8) is 0 Å². The third-order valence-electron chi connectivity index (χ3n) is 2.70. The topological polar surface area (TPSA) is 109 Å². The summed E-state index contributed by atoms with van der Waals surface area (Å²) in [6.07, 6.45) is 1.52. The van der Waals surface area contributed by atoms with Crippen LogP contribution in [-0.2, 0) is 4.79 Å². The molecule has 0 aliphatic carbocycles. The van der Waals surface area contributed by atoms with Crippen molar-refractivity contribution in [3.8, 4) is 6.07 Å². The van der Waals surface area contributed by atoms with E-state index in [2.05, 4.69) is 10.3 Å². The van der Waals surface area contributed by atoms with Gasteiger partial charge >= 0.3 is 0 Å². The summed E-state index contributed by atoms with van der Waals surface area (Å²) < 4.78 is 0. The van der Waals surface area contributed by atoms with E-state index in [-0.39, 0.29) is 5.91 Å². The number of hydrogen-bond acceptors (Lipinski definition) is 6. The lowest BCUT2D eigenvalue weighted by atomic mass is 10.3. The summed E-state index contributed by atoms with van der Waals surface area (Å²) in [5.74, 6) is -0.848. The highest BCUT2D eigenvalue weighted by molar-refractivity contribution is 8.00. The normalized spacial score (nSPS) is 11.5. The quantitative estimate of drug-likeness (QED) is 0.816. The van der Waals surface area contributed by atoms with Crippen LogP contribution in [0.5, 0.6) is 0 Å². The van der Waals surface area contributed by atoms with E-state index in [1.54, 1.807) is 30.5 Å². The minimum Gasteiger partial charge on any atom is -0.366 e. The monoisotopic (exact) mass is 332 g/mol. The maximum atomic E-state index is 12.2. The lowest BCUT2D eigenvalue weighted by molar-refractivity contribution is -0.115. The van der Waals surface area contributed by atoms with Gasteiger partial charge in [0.2, 0.25) is 5.91 Å². The molecule has 2 aromatic heterocycles. The van der Waals surface area contributed by atoms with Crippen molar-refractivity contribution in [1.82, 2.24) is 4.98 Å². The number of aromatic nitrogens is 1. The Morgan fingerprint density at radius 2 is 2.27 bits per heavy atom. The van der Waals surface area contributed by atoms with Gasteiger partial charge in [0.1, 0.15) is 5.00 Å². The SMILES string of the molecule is CC(Sc1cc(C#N)ccn1)C(=O)Nc1sccc1C(N)=O. The van der Waals surface area contributed by atoms with E-state index in [1.165, 1.54) is 29.3 Å². The number of carbonyl (C=O) groups is 2. The van der Waals surface area contributed by atoms with Crippen LogP contribution in [0.15, 0.2) is 34.8 Å². The van der Waals surface area contributed by atoms with Crippen LogP contribution < -0.4 is 11.1 Å². The maximum absolute atomic E-state index is 12.2. The fourth-order valence-electron chi connectivity index (χ4n) is 1.59. The predicted molar refractivity (Wildman–Crippen MR) is 85.7 cm³/mol. The summed E-state index contributed by atoms with van der Waals surface area (Å²) in [7, 11) is 0. The molecule has 0 saturated heterocycles. The number of rotatable bonds is 5. The molecule has 0 fully saturated rings. The van der Waals surface area contributed by atoms with Gasteiger partial charge in [-0.05, 0) is 30.5 Å². The first kappa shape index (κ1) is 16.0. The number of nitrogens with zero attached hydrogens (tertiary/aromatic N) is 2. The molecule has 2 heterocycles. The van der Waals surface area contributed by atoms with Gasteiger partial charge in [-0.3, -0.25) is 9.59 Å². The minimum atomic E-state index is -0.583. The molecule has 0 saturated carbocycles. The van der Waals surface area contributed by atoms with E-state index in [0.29, 0.717) is 21.2 Å². The highest BCUT2D eigenvalue weighted by Gasteiger charge is 2.18. The number of thiophene rings is 1. The van der Waals surface area contributed by atoms with Gasteiger partial charge < -0.3 is 11.1 Å². The Labute approximate surface area is 135 Å². The minimum absolute atomic E-state index is 0.265. The predicted octanol–water partition coefficient (Wildman–Crippen LogP) is 2.23. The molecular weight excluding hydrogens is 320 g/mol. The van der Waals surface area contributed by atoms with Gasteiger partial charge in [-0.15, -0.1) is 11.3 Å². The van der Waals surface area contributed by atoms with Crippen LogP contribution >= 0.6 is 23.1 Å². The van der Waals surface area contributed by atoms with Gasteiger partial charge in [0.25, 0.3) is 5.91 Å². The molecule has 0 aliphatic rings. The van der Waals surface area contributed by atoms with Gasteiger partial charge in [0, 0.05) is 6.20 Å². The Hall–Kier alpha value is -2.37. The van der Waals surface area contributed by atoms with Crippen molar-refractivity contribution in [1.29, 1.82) is 5.26 Å². The van der Waals surface area contributed by atoms with Crippen molar-refractivity contribution in [2.24, 2.45) is 5.73 Å². The van der Waals surface area contributed by atoms with Crippen LogP contribution in [0, 0.1) is 11.3 Å². The Bertz CT molecular complexity index is 751. The zero-order valence-corrected chi connectivity index (χ0v) is 13.2. The fourth-order valence-corrected chi connectivity index (χ4v) is 3.23. The molecule has 1 unspecified atom stereocenters. The van der Waals surface area contributed by atoms with Crippen LogP contribution in [0.2, 0.25) is 0 Å². The molecule has 3 N–H and O–H groups in total. The van der Waals surface area contributed by atoms with Crippen LogP contribution in [0.1, 0.15) is 22.8 Å². The second kappa shape index (κ2) is 7.06. The Balaban J connectivity index is 2.04. The Morgan fingerprint density at radius 3 is 2.95 bits per heavy atom. The lowest BCUT2D eigenvalue weighted by Gasteiger charge is -2.11. The van der Waals surface area contributed by atoms with Crippen molar-refractivity contribution in [2.45, 2.75) is 17.2 Å². The van der Waals surface area contributed by atoms with Gasteiger partial charge in [-0.2, -0.15) is 5.26 Å². The number of nitrogens with two attached hydrogens (primary N) is 1. The molecule has 0 spiro atoms. The number of thioether (sulfide) groups is 1. The van der Waals surface area contributed by atoms with E-state index < -0.39 is 11.2 Å². The molecule has 2 aromatic rings. The summed E-state index contributed by atoms with van der Waals surface area (Å²) in [6, 6.07) is 6.81. The standard InChI is InChI=1S/C14H12N4O2S2/c1-8(22-11-6-9(7-15)2-4-17-11)13(20)18-14-10(12(16)19)3-5-21-14/h2-6,8H,1H3,(H2,16,19)(H,18,20). The van der Waals surface area contributed by atoms with Crippen LogP contribution in [-0.4, -0.2) is 22.0 Å². The molecule has 8 heteroatoms. The lowest BCUT2D eigenvalue weighted by Crippen LogP contribution is -2.23. The number of nitriles is 1. The van der Waals surface area contributed by atoms with Gasteiger partial charge in [0.15, 0.2) is 0 Å². The van der Waals surface area contributed by atoms with Crippen LogP contribution in [0.4, 0.5) is 5.00 Å². The van der Waals surface area contributed by atoms with E-state index in [0.717, 1.165) is 0 Å². The number of amides is 2. The molecule has 0 radical (unpaired) electrons. The smallest absolute Gasteiger partial charge is 0.251 e. The molecule has 0 aromatic carbocycles. The van der Waals surface area contributed by atoms with Crippen molar-refractivity contribution in [2.75, 3.05) is 5.32 Å². The second-order valence-corrected chi connectivity index (χ2v) is 6.55. The number of hydrogen-bond donors (Lipinski definition) is 2. The van der Waals surface area contributed by atoms with Crippen molar-refractivity contribution < 1.29 is 9.59 Å². The number of nitrogens with one attached hydrogen (secondary N) is 1. The summed E-state index contributed by atoms with van der Waals surface area (Å²) in [6.45, 7) is 1.72. The molecule has 22 heavy (non-hydrogen) atoms. The molecule has 0 aliphatic heterocycles. The number of primary amides is 1. The zero-order chi connectivity index (χ0) is 16.1. The van der Waals surface area contributed by atoms with Gasteiger partial charge in [0.05, 0.1) is 27.5 Å². The zero-order valence-electron chi connectivity index (χ0n) is 11.6. The Kier molecular flexibility index (Phi) is 5.14. The van der Waals surface area contributed by atoms with Crippen molar-refractivity contribution in [3.05, 3.63) is 40.9 Å². The van der Waals surface area contributed by atoms with Gasteiger partial charge in [-0.25, -0.2) is 4.98 Å². The largest absolute Gasteiger partial charge is 0.366 e. The average molecular weight is 332 g/mol. The third-order valence-corrected chi connectivity index (χ3v) is 4.56. The molecule has 6 nitrogen and oxygen atoms in total. The molecule has 2 rings (SSSR count). The first-order valence-electron chi connectivity index (χ1n) is 6.22. The summed E-state index contributed by atoms with van der Waals surface area (Å²) in [5, 5.41) is 13.8. The summed E-state index contributed by atoms with van der Waals surface area (Å²) in [5.41, 5.74) is 6.01. The molecular formula is C14H12N4O2S2. The second-order valence-electron chi connectivity index (χ2n) is 4.27. The molecule has 112 valence electrons. The van der Waals surface area contributed by atoms with E-state index >= 15 is 0 Å². The Morgan fingerprint density at radius 1 is 1.50 bits per heavy atom. The summed E-state index contributed by atoms with van der Waals surface area (Å²) >= 11 is 2.47. The van der Waals surface area contributed by atoms with E-state index in [9.17, 15) is 9.59 Å². The van der Waals surface area contributed by atoms with E-state index in [4.69, 9.17) is 11.0 Å². The maximum Gasteiger partial charge on any atom is 0.251 e.